The Hall–Kier alpha value is -4.98. The number of carbonyl (C=O) groups excluding carboxylic acids is 1. The molecule has 0 unspecified atom stereocenters. The highest BCUT2D eigenvalue weighted by Crippen LogP contribution is 2.39. The predicted molar refractivity (Wildman–Crippen MR) is 159 cm³/mol. The molecule has 2 aromatic heterocycles. The molecule has 0 radical (unpaired) electrons. The van der Waals surface area contributed by atoms with Gasteiger partial charge in [0.05, 0.1) is 49.6 Å². The van der Waals surface area contributed by atoms with Crippen molar-refractivity contribution < 1.29 is 14.3 Å². The van der Waals surface area contributed by atoms with Crippen LogP contribution in [0.4, 0.5) is 10.5 Å². The van der Waals surface area contributed by atoms with Crippen molar-refractivity contribution in [2.24, 2.45) is 0 Å². The number of hydrogen-bond donors (Lipinski definition) is 1. The van der Waals surface area contributed by atoms with Crippen molar-refractivity contribution in [2.75, 3.05) is 19.5 Å². The molecule has 0 aliphatic carbocycles. The number of rotatable bonds is 6. The zero-order valence-electron chi connectivity index (χ0n) is 23.7. The number of carbonyl (C=O) groups is 1. The van der Waals surface area contributed by atoms with Crippen molar-refractivity contribution in [3.63, 3.8) is 0 Å². The number of benzene rings is 3. The number of aromatic nitrogens is 3. The van der Waals surface area contributed by atoms with Crippen LogP contribution in [0, 0.1) is 6.92 Å². The lowest BCUT2D eigenvalue weighted by atomic mass is 9.99. The van der Waals surface area contributed by atoms with Crippen LogP contribution in [0.1, 0.15) is 41.0 Å². The number of methoxy groups -OCH3 is 2. The molecular weight excluding hydrogens is 514 g/mol. The van der Waals surface area contributed by atoms with E-state index in [0.29, 0.717) is 23.7 Å². The maximum atomic E-state index is 14.3. The molecule has 0 fully saturated rings. The number of ether oxygens (including phenoxy) is 2. The molecule has 41 heavy (non-hydrogen) atoms. The van der Waals surface area contributed by atoms with Gasteiger partial charge in [0, 0.05) is 17.8 Å². The fraction of sp³-hybridized carbons (Fsp3) is 0.212. The molecule has 5 aromatic rings. The van der Waals surface area contributed by atoms with Gasteiger partial charge in [0.25, 0.3) is 0 Å². The first kappa shape index (κ1) is 26.3. The zero-order chi connectivity index (χ0) is 28.5. The zero-order valence-corrected chi connectivity index (χ0v) is 23.7. The highest BCUT2D eigenvalue weighted by Gasteiger charge is 2.36. The Balaban J connectivity index is 1.52. The summed E-state index contributed by atoms with van der Waals surface area (Å²) < 4.78 is 15.1. The Kier molecular flexibility index (Phi) is 6.97. The van der Waals surface area contributed by atoms with Crippen LogP contribution >= 0.6 is 0 Å². The number of hydrogen-bond acceptors (Lipinski definition) is 4. The third-order valence-electron chi connectivity index (χ3n) is 7.70. The van der Waals surface area contributed by atoms with Gasteiger partial charge in [0.15, 0.2) is 0 Å². The lowest BCUT2D eigenvalue weighted by molar-refractivity contribution is 0.194. The summed E-state index contributed by atoms with van der Waals surface area (Å²) >= 11 is 0. The SMILES string of the molecule is CCc1ccc([C@@H]2c3cccn3-c3c(c(C)nn3-c3ccccc3)CN2C(=O)Nc2cc(OC)ccc2OC)cc1. The Bertz CT molecular complexity index is 1690. The molecule has 6 rings (SSSR count). The Morgan fingerprint density at radius 1 is 0.976 bits per heavy atom. The van der Waals surface area contributed by atoms with Crippen molar-refractivity contribution in [3.8, 4) is 23.0 Å². The number of anilines is 1. The van der Waals surface area contributed by atoms with Crippen molar-refractivity contribution in [3.05, 3.63) is 119 Å². The summed E-state index contributed by atoms with van der Waals surface area (Å²) in [4.78, 5) is 16.2. The quantitative estimate of drug-likeness (QED) is 0.257. The van der Waals surface area contributed by atoms with E-state index in [4.69, 9.17) is 14.6 Å². The maximum Gasteiger partial charge on any atom is 0.323 e. The number of urea groups is 1. The Morgan fingerprint density at radius 3 is 2.46 bits per heavy atom. The van der Waals surface area contributed by atoms with E-state index < -0.39 is 0 Å². The summed E-state index contributed by atoms with van der Waals surface area (Å²) in [6, 6.07) is 27.5. The average molecular weight is 548 g/mol. The van der Waals surface area contributed by atoms with Crippen LogP contribution in [0.3, 0.4) is 0 Å². The van der Waals surface area contributed by atoms with Crippen LogP contribution < -0.4 is 14.8 Å². The van der Waals surface area contributed by atoms with E-state index in [2.05, 4.69) is 53.3 Å². The van der Waals surface area contributed by atoms with E-state index in [0.717, 1.165) is 40.4 Å². The normalized spacial score (nSPS) is 14.1. The summed E-state index contributed by atoms with van der Waals surface area (Å²) in [5.74, 6) is 2.10. The molecule has 1 atom stereocenters. The maximum absolute atomic E-state index is 14.3. The fourth-order valence-electron chi connectivity index (χ4n) is 5.53. The fourth-order valence-corrected chi connectivity index (χ4v) is 5.53. The van der Waals surface area contributed by atoms with Gasteiger partial charge in [-0.15, -0.1) is 0 Å². The van der Waals surface area contributed by atoms with Gasteiger partial charge < -0.3 is 24.3 Å². The second-order valence-electron chi connectivity index (χ2n) is 10.1. The number of nitrogens with zero attached hydrogens (tertiary/aromatic N) is 4. The topological polar surface area (TPSA) is 73.6 Å². The van der Waals surface area contributed by atoms with Gasteiger partial charge in [-0.2, -0.15) is 5.10 Å². The summed E-state index contributed by atoms with van der Waals surface area (Å²) in [6.07, 6.45) is 2.99. The van der Waals surface area contributed by atoms with Crippen LogP contribution in [0.15, 0.2) is 91.1 Å². The molecule has 8 heteroatoms. The van der Waals surface area contributed by atoms with Crippen molar-refractivity contribution in [2.45, 2.75) is 32.9 Å². The minimum Gasteiger partial charge on any atom is -0.497 e. The Labute approximate surface area is 239 Å². The molecular formula is C33H33N5O3. The summed E-state index contributed by atoms with van der Waals surface area (Å²) in [6.45, 7) is 4.49. The van der Waals surface area contributed by atoms with Gasteiger partial charge in [-0.1, -0.05) is 49.4 Å². The Morgan fingerprint density at radius 2 is 1.76 bits per heavy atom. The molecule has 1 N–H and O–H groups in total. The van der Waals surface area contributed by atoms with Crippen LogP contribution in [0.2, 0.25) is 0 Å². The number of fused-ring (bicyclic) bond motifs is 3. The van der Waals surface area contributed by atoms with Gasteiger partial charge in [-0.25, -0.2) is 9.48 Å². The molecule has 0 saturated heterocycles. The average Bonchev–Trinajstić information content (AvgIpc) is 3.57. The van der Waals surface area contributed by atoms with E-state index in [1.165, 1.54) is 5.56 Å². The number of nitrogens with one attached hydrogen (secondary N) is 1. The summed E-state index contributed by atoms with van der Waals surface area (Å²) in [5, 5.41) is 8.05. The van der Waals surface area contributed by atoms with Gasteiger partial charge >= 0.3 is 6.03 Å². The molecule has 0 spiro atoms. The molecule has 1 aliphatic heterocycles. The molecule has 0 bridgehead atoms. The summed E-state index contributed by atoms with van der Waals surface area (Å²) in [5.41, 5.74) is 6.57. The molecule has 208 valence electrons. The third-order valence-corrected chi connectivity index (χ3v) is 7.70. The lowest BCUT2D eigenvalue weighted by Gasteiger charge is -2.31. The van der Waals surface area contributed by atoms with Crippen LogP contribution in [0.25, 0.3) is 11.5 Å². The first-order valence-electron chi connectivity index (χ1n) is 13.7. The second-order valence-corrected chi connectivity index (χ2v) is 10.1. The van der Waals surface area contributed by atoms with E-state index in [9.17, 15) is 4.79 Å². The van der Waals surface area contributed by atoms with E-state index in [1.54, 1.807) is 32.4 Å². The number of para-hydroxylation sites is 1. The minimum absolute atomic E-state index is 0.256. The van der Waals surface area contributed by atoms with Crippen molar-refractivity contribution in [1.29, 1.82) is 0 Å². The van der Waals surface area contributed by atoms with E-state index in [-0.39, 0.29) is 12.1 Å². The third kappa shape index (κ3) is 4.71. The highest BCUT2D eigenvalue weighted by atomic mass is 16.5. The molecule has 2 amide bonds. The van der Waals surface area contributed by atoms with Crippen LogP contribution in [0.5, 0.6) is 11.5 Å². The first-order valence-corrected chi connectivity index (χ1v) is 13.7. The second kappa shape index (κ2) is 10.9. The van der Waals surface area contributed by atoms with Gasteiger partial charge in [0.2, 0.25) is 0 Å². The molecule has 0 saturated carbocycles. The standard InChI is InChI=1S/C33H33N5O3/c1-5-23-13-15-24(16-14-23)31-29-12-9-19-36(29)32-27(22(2)35-38(32)25-10-7-6-8-11-25)21-37(31)33(39)34-28-20-26(40-3)17-18-30(28)41-4/h6-20,31H,5,21H2,1-4H3,(H,34,39)/t31-/m1/s1. The molecule has 1 aliphatic rings. The van der Waals surface area contributed by atoms with Crippen molar-refractivity contribution in [1.82, 2.24) is 19.2 Å². The molecule has 8 nitrogen and oxygen atoms in total. The van der Waals surface area contributed by atoms with Gasteiger partial charge in [-0.3, -0.25) is 0 Å². The lowest BCUT2D eigenvalue weighted by Crippen LogP contribution is -2.38. The monoisotopic (exact) mass is 547 g/mol. The smallest absolute Gasteiger partial charge is 0.323 e. The predicted octanol–water partition coefficient (Wildman–Crippen LogP) is 6.69. The van der Waals surface area contributed by atoms with Crippen molar-refractivity contribution >= 4 is 11.7 Å². The first-order chi connectivity index (χ1) is 20.0. The van der Waals surface area contributed by atoms with Crippen LogP contribution in [-0.4, -0.2) is 39.5 Å². The largest absolute Gasteiger partial charge is 0.497 e. The minimum atomic E-state index is -0.358. The van der Waals surface area contributed by atoms with Crippen LogP contribution in [-0.2, 0) is 13.0 Å². The van der Waals surface area contributed by atoms with Gasteiger partial charge in [-0.05, 0) is 60.9 Å². The van der Waals surface area contributed by atoms with E-state index in [1.807, 2.05) is 52.9 Å². The number of amides is 2. The van der Waals surface area contributed by atoms with E-state index >= 15 is 0 Å². The molecule has 3 aromatic carbocycles. The molecule has 3 heterocycles. The highest BCUT2D eigenvalue weighted by molar-refractivity contribution is 5.92. The van der Waals surface area contributed by atoms with Gasteiger partial charge in [0.1, 0.15) is 17.3 Å². The summed E-state index contributed by atoms with van der Waals surface area (Å²) in [7, 11) is 3.18. The number of aryl methyl sites for hydroxylation is 2.